The second-order valence-electron chi connectivity index (χ2n) is 5.76. The molecule has 0 radical (unpaired) electrons. The van der Waals surface area contributed by atoms with E-state index in [-0.39, 0.29) is 19.7 Å². The monoisotopic (exact) mass is 299 g/mol. The molecule has 1 heterocycles. The molecule has 0 aromatic carbocycles. The first-order valence-electron chi connectivity index (χ1n) is 6.22. The van der Waals surface area contributed by atoms with Gasteiger partial charge in [-0.2, -0.15) is 8.78 Å². The molecule has 0 aromatic rings. The molecule has 1 atom stereocenters. The van der Waals surface area contributed by atoms with Gasteiger partial charge in [-0.1, -0.05) is 0 Å². The van der Waals surface area contributed by atoms with Crippen LogP contribution in [0.2, 0.25) is 0 Å². The molecule has 8 heteroatoms. The zero-order valence-corrected chi connectivity index (χ0v) is 12.0. The number of hydrogen-bond donors (Lipinski definition) is 0. The average Bonchev–Trinajstić information content (AvgIpc) is 2.25. The number of nitrogens with zero attached hydrogens (tertiary/aromatic N) is 1. The van der Waals surface area contributed by atoms with Gasteiger partial charge >= 0.3 is 12.2 Å². The maximum atomic E-state index is 13.0. The van der Waals surface area contributed by atoms with Crippen LogP contribution in [0, 0.1) is 0 Å². The first-order valence-corrected chi connectivity index (χ1v) is 6.22. The van der Waals surface area contributed by atoms with Crippen LogP contribution in [-0.2, 0) is 14.2 Å². The van der Waals surface area contributed by atoms with Gasteiger partial charge in [0.1, 0.15) is 5.60 Å². The average molecular weight is 299 g/mol. The highest BCUT2D eigenvalue weighted by molar-refractivity contribution is 5.68. The fourth-order valence-corrected chi connectivity index (χ4v) is 1.73. The van der Waals surface area contributed by atoms with Crippen molar-refractivity contribution in [3.8, 4) is 0 Å². The second kappa shape index (κ2) is 5.77. The molecule has 0 saturated carbocycles. The smallest absolute Gasteiger partial charge is 0.410 e. The summed E-state index contributed by atoms with van der Waals surface area (Å²) in [6.07, 6.45) is -4.61. The van der Waals surface area contributed by atoms with E-state index in [4.69, 9.17) is 9.47 Å². The summed E-state index contributed by atoms with van der Waals surface area (Å²) in [5, 5.41) is 0. The lowest BCUT2D eigenvalue weighted by Gasteiger charge is -2.41. The Labute approximate surface area is 116 Å². The van der Waals surface area contributed by atoms with Gasteiger partial charge in [0.2, 0.25) is 0 Å². The molecule has 0 N–H and O–H groups in total. The van der Waals surface area contributed by atoms with E-state index >= 15 is 0 Å². The molecule has 20 heavy (non-hydrogen) atoms. The molecular weight excluding hydrogens is 279 g/mol. The Morgan fingerprint density at radius 3 is 2.50 bits per heavy atom. The van der Waals surface area contributed by atoms with Gasteiger partial charge in [-0.05, 0) is 27.7 Å². The molecule has 5 nitrogen and oxygen atoms in total. The van der Waals surface area contributed by atoms with E-state index in [1.165, 1.54) is 11.8 Å². The number of ether oxygens (including phenoxy) is 3. The molecule has 1 unspecified atom stereocenters. The standard InChI is InChI=1S/C12H20F3NO4/c1-10(2,3)19-9(17)16-5-6-18-11(4,8-16)20-12(14,15)7-13/h5-8H2,1-4H3. The minimum Gasteiger partial charge on any atom is -0.444 e. The van der Waals surface area contributed by atoms with Crippen LogP contribution in [0.4, 0.5) is 18.0 Å². The lowest BCUT2D eigenvalue weighted by Crippen LogP contribution is -2.56. The third-order valence-electron chi connectivity index (χ3n) is 2.42. The third kappa shape index (κ3) is 5.16. The molecular formula is C12H20F3NO4. The minimum absolute atomic E-state index is 0.00188. The maximum absolute atomic E-state index is 13.0. The number of rotatable bonds is 3. The summed E-state index contributed by atoms with van der Waals surface area (Å²) in [6.45, 7) is 4.27. The van der Waals surface area contributed by atoms with E-state index in [9.17, 15) is 18.0 Å². The Balaban J connectivity index is 2.68. The van der Waals surface area contributed by atoms with Crippen LogP contribution < -0.4 is 0 Å². The summed E-state index contributed by atoms with van der Waals surface area (Å²) in [5.74, 6) is -1.77. The Hall–Kier alpha value is -1.02. The van der Waals surface area contributed by atoms with Crippen molar-refractivity contribution in [1.82, 2.24) is 4.90 Å². The van der Waals surface area contributed by atoms with Crippen molar-refractivity contribution in [2.75, 3.05) is 26.4 Å². The molecule has 1 saturated heterocycles. The van der Waals surface area contributed by atoms with Crippen molar-refractivity contribution in [1.29, 1.82) is 0 Å². The Morgan fingerprint density at radius 1 is 1.40 bits per heavy atom. The lowest BCUT2D eigenvalue weighted by molar-refractivity contribution is -0.373. The van der Waals surface area contributed by atoms with E-state index in [1.54, 1.807) is 20.8 Å². The number of morpholine rings is 1. The SMILES string of the molecule is CC(C)(C)OC(=O)N1CCOC(C)(OC(F)(F)CF)C1. The highest BCUT2D eigenvalue weighted by atomic mass is 19.3. The van der Waals surface area contributed by atoms with Crippen molar-refractivity contribution in [2.45, 2.75) is 45.2 Å². The van der Waals surface area contributed by atoms with Crippen molar-refractivity contribution < 1.29 is 32.2 Å². The highest BCUT2D eigenvalue weighted by Crippen LogP contribution is 2.29. The number of hydrogen-bond acceptors (Lipinski definition) is 4. The van der Waals surface area contributed by atoms with Crippen molar-refractivity contribution >= 4 is 6.09 Å². The van der Waals surface area contributed by atoms with Gasteiger partial charge in [0.15, 0.2) is 12.5 Å². The van der Waals surface area contributed by atoms with Gasteiger partial charge in [0.25, 0.3) is 0 Å². The third-order valence-corrected chi connectivity index (χ3v) is 2.42. The topological polar surface area (TPSA) is 48.0 Å². The van der Waals surface area contributed by atoms with Crippen LogP contribution in [0.3, 0.4) is 0 Å². The number of carbonyl (C=O) groups excluding carboxylic acids is 1. The molecule has 1 aliphatic rings. The van der Waals surface area contributed by atoms with Crippen molar-refractivity contribution in [3.63, 3.8) is 0 Å². The molecule has 1 fully saturated rings. The van der Waals surface area contributed by atoms with Crippen LogP contribution >= 0.6 is 0 Å². The van der Waals surface area contributed by atoms with Crippen LogP contribution in [0.15, 0.2) is 0 Å². The van der Waals surface area contributed by atoms with Gasteiger partial charge < -0.3 is 14.4 Å². The van der Waals surface area contributed by atoms with E-state index in [1.807, 2.05) is 0 Å². The maximum Gasteiger partial charge on any atom is 0.410 e. The first-order chi connectivity index (χ1) is 8.96. The lowest BCUT2D eigenvalue weighted by atomic mass is 10.2. The summed E-state index contributed by atoms with van der Waals surface area (Å²) in [5.41, 5.74) is -0.699. The van der Waals surface area contributed by atoms with Crippen LogP contribution in [0.5, 0.6) is 0 Å². The Kier molecular flexibility index (Phi) is 4.91. The molecule has 0 aromatic heterocycles. The zero-order chi connectivity index (χ0) is 15.6. The van der Waals surface area contributed by atoms with E-state index in [2.05, 4.69) is 4.74 Å². The predicted molar refractivity (Wildman–Crippen MR) is 64.2 cm³/mol. The first kappa shape index (κ1) is 17.0. The van der Waals surface area contributed by atoms with Crippen LogP contribution in [-0.4, -0.2) is 54.9 Å². The van der Waals surface area contributed by atoms with Crippen molar-refractivity contribution in [3.05, 3.63) is 0 Å². The summed E-state index contributed by atoms with van der Waals surface area (Å²) in [4.78, 5) is 13.1. The number of amides is 1. The van der Waals surface area contributed by atoms with Gasteiger partial charge in [-0.25, -0.2) is 9.18 Å². The molecule has 1 amide bonds. The number of carbonyl (C=O) groups is 1. The quantitative estimate of drug-likeness (QED) is 0.803. The van der Waals surface area contributed by atoms with Crippen molar-refractivity contribution in [2.24, 2.45) is 0 Å². The fraction of sp³-hybridized carbons (Fsp3) is 0.917. The molecule has 1 rings (SSSR count). The molecule has 118 valence electrons. The summed E-state index contributed by atoms with van der Waals surface area (Å²) in [7, 11) is 0. The Bertz CT molecular complexity index is 359. The predicted octanol–water partition coefficient (Wildman–Crippen LogP) is 2.55. The van der Waals surface area contributed by atoms with Crippen LogP contribution in [0.25, 0.3) is 0 Å². The molecule has 1 aliphatic heterocycles. The van der Waals surface area contributed by atoms with Gasteiger partial charge in [-0.3, -0.25) is 4.74 Å². The highest BCUT2D eigenvalue weighted by Gasteiger charge is 2.45. The van der Waals surface area contributed by atoms with Gasteiger partial charge in [0, 0.05) is 6.54 Å². The largest absolute Gasteiger partial charge is 0.444 e. The number of halogens is 3. The summed E-state index contributed by atoms with van der Waals surface area (Å²) in [6, 6.07) is 0. The second-order valence-corrected chi connectivity index (χ2v) is 5.76. The zero-order valence-electron chi connectivity index (χ0n) is 12.0. The van der Waals surface area contributed by atoms with Crippen LogP contribution in [0.1, 0.15) is 27.7 Å². The van der Waals surface area contributed by atoms with Gasteiger partial charge in [-0.15, -0.1) is 0 Å². The summed E-state index contributed by atoms with van der Waals surface area (Å²) >= 11 is 0. The number of alkyl halides is 3. The summed E-state index contributed by atoms with van der Waals surface area (Å²) < 4.78 is 52.7. The van der Waals surface area contributed by atoms with E-state index in [0.29, 0.717) is 0 Å². The fourth-order valence-electron chi connectivity index (χ4n) is 1.73. The van der Waals surface area contributed by atoms with E-state index < -0.39 is 30.3 Å². The minimum atomic E-state index is -3.95. The molecule has 0 spiro atoms. The molecule has 0 aliphatic carbocycles. The van der Waals surface area contributed by atoms with Gasteiger partial charge in [0.05, 0.1) is 13.2 Å². The molecule has 0 bridgehead atoms. The Morgan fingerprint density at radius 2 is 2.00 bits per heavy atom. The normalized spacial score (nSPS) is 24.6. The van der Waals surface area contributed by atoms with E-state index in [0.717, 1.165) is 0 Å².